The van der Waals surface area contributed by atoms with Gasteiger partial charge in [-0.15, -0.1) is 0 Å². The SMILES string of the molecule is Cc1noc(-c2ccc(C(=O)NCC(=O)Oc3ccccc3)cc2)c1NC(=O)OC(C)c1ccccc1Cl. The largest absolute Gasteiger partial charge is 0.441 e. The van der Waals surface area contributed by atoms with Gasteiger partial charge >= 0.3 is 12.1 Å². The Morgan fingerprint density at radius 2 is 1.66 bits per heavy atom. The van der Waals surface area contributed by atoms with E-state index >= 15 is 0 Å². The van der Waals surface area contributed by atoms with Crippen molar-refractivity contribution in [3.8, 4) is 17.1 Å². The number of nitrogens with one attached hydrogen (secondary N) is 2. The van der Waals surface area contributed by atoms with Gasteiger partial charge in [0.15, 0.2) is 5.76 Å². The van der Waals surface area contributed by atoms with E-state index in [0.29, 0.717) is 44.6 Å². The molecule has 1 aromatic heterocycles. The quantitative estimate of drug-likeness (QED) is 0.212. The summed E-state index contributed by atoms with van der Waals surface area (Å²) in [5, 5.41) is 9.63. The van der Waals surface area contributed by atoms with E-state index < -0.39 is 24.1 Å². The van der Waals surface area contributed by atoms with Crippen LogP contribution in [0.5, 0.6) is 5.75 Å². The highest BCUT2D eigenvalue weighted by Gasteiger charge is 2.21. The number of ether oxygens (including phenoxy) is 2. The molecule has 0 aliphatic rings. The Balaban J connectivity index is 1.37. The number of carbonyl (C=O) groups is 3. The maximum absolute atomic E-state index is 12.6. The van der Waals surface area contributed by atoms with Crippen LogP contribution in [-0.2, 0) is 9.53 Å². The van der Waals surface area contributed by atoms with E-state index in [4.69, 9.17) is 25.6 Å². The van der Waals surface area contributed by atoms with Crippen LogP contribution < -0.4 is 15.4 Å². The lowest BCUT2D eigenvalue weighted by Gasteiger charge is -2.15. The van der Waals surface area contributed by atoms with Crippen LogP contribution in [0.1, 0.15) is 34.6 Å². The van der Waals surface area contributed by atoms with E-state index in [1.807, 2.05) is 6.07 Å². The van der Waals surface area contributed by atoms with Crippen molar-refractivity contribution in [1.29, 1.82) is 0 Å². The molecule has 9 nitrogen and oxygen atoms in total. The normalized spacial score (nSPS) is 11.3. The van der Waals surface area contributed by atoms with Crippen molar-refractivity contribution in [1.82, 2.24) is 10.5 Å². The van der Waals surface area contributed by atoms with E-state index in [1.165, 1.54) is 0 Å². The Kier molecular flexibility index (Phi) is 8.40. The summed E-state index contributed by atoms with van der Waals surface area (Å²) in [6.45, 7) is 3.10. The number of aryl methyl sites for hydroxylation is 1. The number of hydrogen-bond donors (Lipinski definition) is 2. The first kappa shape index (κ1) is 26.4. The zero-order chi connectivity index (χ0) is 27.1. The number of benzene rings is 3. The predicted octanol–water partition coefficient (Wildman–Crippen LogP) is 5.95. The minimum Gasteiger partial charge on any atom is -0.441 e. The highest BCUT2D eigenvalue weighted by molar-refractivity contribution is 6.31. The van der Waals surface area contributed by atoms with Gasteiger partial charge in [0.05, 0.1) is 0 Å². The molecular weight excluding hydrogens is 510 g/mol. The second kappa shape index (κ2) is 12.1. The molecule has 0 saturated carbocycles. The lowest BCUT2D eigenvalue weighted by Crippen LogP contribution is -2.31. The molecule has 1 unspecified atom stereocenters. The Bertz CT molecular complexity index is 1440. The molecule has 2 N–H and O–H groups in total. The molecule has 1 atom stereocenters. The number of rotatable bonds is 8. The zero-order valence-corrected chi connectivity index (χ0v) is 21.3. The Hall–Kier alpha value is -4.63. The van der Waals surface area contributed by atoms with Crippen molar-refractivity contribution in [3.05, 3.63) is 101 Å². The van der Waals surface area contributed by atoms with E-state index in [9.17, 15) is 14.4 Å². The molecule has 0 saturated heterocycles. The van der Waals surface area contributed by atoms with Crippen LogP contribution >= 0.6 is 11.6 Å². The Labute approximate surface area is 223 Å². The summed E-state index contributed by atoms with van der Waals surface area (Å²) < 4.78 is 16.1. The van der Waals surface area contributed by atoms with E-state index in [0.717, 1.165) is 0 Å². The summed E-state index contributed by atoms with van der Waals surface area (Å²) in [6, 6.07) is 22.1. The van der Waals surface area contributed by atoms with Crippen molar-refractivity contribution in [2.45, 2.75) is 20.0 Å². The minimum absolute atomic E-state index is 0.292. The third-order valence-corrected chi connectivity index (χ3v) is 5.84. The molecule has 194 valence electrons. The van der Waals surface area contributed by atoms with Crippen molar-refractivity contribution < 1.29 is 28.4 Å². The second-order valence-electron chi connectivity index (χ2n) is 8.21. The van der Waals surface area contributed by atoms with Gasteiger partial charge in [-0.25, -0.2) is 9.59 Å². The number of nitrogens with zero attached hydrogens (tertiary/aromatic N) is 1. The lowest BCUT2D eigenvalue weighted by atomic mass is 10.1. The number of halogens is 1. The number of aromatic nitrogens is 1. The monoisotopic (exact) mass is 533 g/mol. The molecular formula is C28H24ClN3O6. The summed E-state index contributed by atoms with van der Waals surface area (Å²) >= 11 is 6.19. The van der Waals surface area contributed by atoms with Crippen LogP contribution in [0.4, 0.5) is 10.5 Å². The van der Waals surface area contributed by atoms with Crippen molar-refractivity contribution in [2.75, 3.05) is 11.9 Å². The van der Waals surface area contributed by atoms with Crippen molar-refractivity contribution in [3.63, 3.8) is 0 Å². The van der Waals surface area contributed by atoms with Gasteiger partial charge in [-0.3, -0.25) is 10.1 Å². The molecule has 10 heteroatoms. The molecule has 4 aromatic rings. The van der Waals surface area contributed by atoms with Gasteiger partial charge in [0, 0.05) is 21.7 Å². The van der Waals surface area contributed by atoms with Gasteiger partial charge in [-0.2, -0.15) is 0 Å². The summed E-state index contributed by atoms with van der Waals surface area (Å²) in [5.41, 5.74) is 2.34. The zero-order valence-electron chi connectivity index (χ0n) is 20.6. The maximum Gasteiger partial charge on any atom is 0.412 e. The van der Waals surface area contributed by atoms with Crippen molar-refractivity contribution >= 4 is 35.3 Å². The van der Waals surface area contributed by atoms with E-state index in [-0.39, 0.29) is 6.54 Å². The van der Waals surface area contributed by atoms with Crippen molar-refractivity contribution in [2.24, 2.45) is 0 Å². The average Bonchev–Trinajstić information content (AvgIpc) is 3.27. The molecule has 3 aromatic carbocycles. The third kappa shape index (κ3) is 6.57. The Morgan fingerprint density at radius 3 is 2.37 bits per heavy atom. The van der Waals surface area contributed by atoms with Gasteiger partial charge in [-0.05, 0) is 44.2 Å². The van der Waals surface area contributed by atoms with Crippen LogP contribution in [0.25, 0.3) is 11.3 Å². The first-order chi connectivity index (χ1) is 18.3. The highest BCUT2D eigenvalue weighted by Crippen LogP contribution is 2.32. The molecule has 2 amide bonds. The first-order valence-electron chi connectivity index (χ1n) is 11.6. The molecule has 38 heavy (non-hydrogen) atoms. The molecule has 0 aliphatic heterocycles. The lowest BCUT2D eigenvalue weighted by molar-refractivity contribution is -0.133. The molecule has 0 radical (unpaired) electrons. The van der Waals surface area contributed by atoms with Crippen LogP contribution in [0, 0.1) is 6.92 Å². The standard InChI is InChI=1S/C28H24ClN3O6/c1-17-25(31-28(35)36-18(2)22-10-6-7-11-23(22)29)26(38-32-17)19-12-14-20(15-13-19)27(34)30-16-24(33)37-21-8-4-3-5-9-21/h3-15,18H,16H2,1-2H3,(H,30,34)(H,31,35). The van der Waals surface area contributed by atoms with Crippen LogP contribution in [-0.4, -0.2) is 29.7 Å². The number of esters is 1. The van der Waals surface area contributed by atoms with Gasteiger partial charge < -0.3 is 19.3 Å². The molecule has 0 spiro atoms. The number of para-hydroxylation sites is 1. The van der Waals surface area contributed by atoms with Crippen LogP contribution in [0.15, 0.2) is 83.4 Å². The number of carbonyl (C=O) groups excluding carboxylic acids is 3. The number of amides is 2. The fraction of sp³-hybridized carbons (Fsp3) is 0.143. The first-order valence-corrected chi connectivity index (χ1v) is 12.0. The molecule has 0 fully saturated rings. The van der Waals surface area contributed by atoms with E-state index in [1.54, 1.807) is 86.6 Å². The highest BCUT2D eigenvalue weighted by atomic mass is 35.5. The van der Waals surface area contributed by atoms with Gasteiger partial charge in [0.25, 0.3) is 5.91 Å². The number of hydrogen-bond acceptors (Lipinski definition) is 7. The fourth-order valence-corrected chi connectivity index (χ4v) is 3.85. The van der Waals surface area contributed by atoms with Gasteiger partial charge in [0.2, 0.25) is 0 Å². The third-order valence-electron chi connectivity index (χ3n) is 5.49. The average molecular weight is 534 g/mol. The summed E-state index contributed by atoms with van der Waals surface area (Å²) in [5.74, 6) is -0.358. The Morgan fingerprint density at radius 1 is 0.974 bits per heavy atom. The fourth-order valence-electron chi connectivity index (χ4n) is 3.56. The molecule has 1 heterocycles. The van der Waals surface area contributed by atoms with E-state index in [2.05, 4.69) is 15.8 Å². The summed E-state index contributed by atoms with van der Waals surface area (Å²) in [4.78, 5) is 37.0. The minimum atomic E-state index is -0.705. The molecule has 4 rings (SSSR count). The van der Waals surface area contributed by atoms with Crippen LogP contribution in [0.2, 0.25) is 5.02 Å². The maximum atomic E-state index is 12.6. The summed E-state index contributed by atoms with van der Waals surface area (Å²) in [7, 11) is 0. The smallest absolute Gasteiger partial charge is 0.412 e. The number of anilines is 1. The predicted molar refractivity (Wildman–Crippen MR) is 141 cm³/mol. The van der Waals surface area contributed by atoms with Gasteiger partial charge in [0.1, 0.15) is 29.8 Å². The molecule has 0 bridgehead atoms. The van der Waals surface area contributed by atoms with Gasteiger partial charge in [-0.1, -0.05) is 65.3 Å². The topological polar surface area (TPSA) is 120 Å². The second-order valence-corrected chi connectivity index (χ2v) is 8.62. The van der Waals surface area contributed by atoms with Crippen LogP contribution in [0.3, 0.4) is 0 Å². The summed E-state index contributed by atoms with van der Waals surface area (Å²) in [6.07, 6.45) is -1.29. The molecule has 0 aliphatic carbocycles.